The van der Waals surface area contributed by atoms with Gasteiger partial charge in [0.15, 0.2) is 0 Å². The second-order valence-corrected chi connectivity index (χ2v) is 5.54. The SMILES string of the molecule is O=C(Nc1cc(C(F)(F)F)ccc1-n1cncn1)C1CC=CCC1. The van der Waals surface area contributed by atoms with Gasteiger partial charge in [-0.15, -0.1) is 0 Å². The van der Waals surface area contributed by atoms with Crippen LogP contribution in [0.4, 0.5) is 18.9 Å². The van der Waals surface area contributed by atoms with Crippen LogP contribution in [0.2, 0.25) is 0 Å². The molecule has 0 radical (unpaired) electrons. The number of aromatic nitrogens is 3. The minimum absolute atomic E-state index is 0.0647. The summed E-state index contributed by atoms with van der Waals surface area (Å²) in [5, 5.41) is 6.54. The Balaban J connectivity index is 1.93. The predicted molar refractivity (Wildman–Crippen MR) is 81.5 cm³/mol. The van der Waals surface area contributed by atoms with Gasteiger partial charge in [-0.3, -0.25) is 4.79 Å². The second kappa shape index (κ2) is 6.46. The van der Waals surface area contributed by atoms with Gasteiger partial charge in [-0.05, 0) is 37.5 Å². The van der Waals surface area contributed by atoms with Crippen LogP contribution < -0.4 is 5.32 Å². The number of carbonyl (C=O) groups excluding carboxylic acids is 1. The summed E-state index contributed by atoms with van der Waals surface area (Å²) in [5.41, 5.74) is -0.430. The van der Waals surface area contributed by atoms with Gasteiger partial charge < -0.3 is 5.32 Å². The summed E-state index contributed by atoms with van der Waals surface area (Å²) in [6, 6.07) is 3.15. The lowest BCUT2D eigenvalue weighted by atomic mass is 9.93. The van der Waals surface area contributed by atoms with Crippen molar-refractivity contribution in [3.05, 3.63) is 48.6 Å². The molecule has 1 aromatic heterocycles. The molecule has 126 valence electrons. The van der Waals surface area contributed by atoms with Crippen molar-refractivity contribution in [1.82, 2.24) is 14.8 Å². The Bertz CT molecular complexity index is 753. The molecule has 0 spiro atoms. The van der Waals surface area contributed by atoms with E-state index in [9.17, 15) is 18.0 Å². The van der Waals surface area contributed by atoms with E-state index in [1.165, 1.54) is 23.4 Å². The first kappa shape index (κ1) is 16.2. The Morgan fingerprint density at radius 2 is 2.12 bits per heavy atom. The molecule has 5 nitrogen and oxygen atoms in total. The minimum Gasteiger partial charge on any atom is -0.324 e. The van der Waals surface area contributed by atoms with E-state index in [1.54, 1.807) is 0 Å². The fourth-order valence-corrected chi connectivity index (χ4v) is 2.61. The Kier molecular flexibility index (Phi) is 4.37. The van der Waals surface area contributed by atoms with Gasteiger partial charge in [0.25, 0.3) is 0 Å². The molecule has 8 heteroatoms. The number of amides is 1. The van der Waals surface area contributed by atoms with Crippen LogP contribution in [-0.2, 0) is 11.0 Å². The van der Waals surface area contributed by atoms with Gasteiger partial charge in [-0.2, -0.15) is 18.3 Å². The van der Waals surface area contributed by atoms with E-state index in [0.717, 1.165) is 18.6 Å². The lowest BCUT2D eigenvalue weighted by Crippen LogP contribution is -2.24. The zero-order valence-corrected chi connectivity index (χ0v) is 12.6. The third kappa shape index (κ3) is 3.47. The average molecular weight is 336 g/mol. The molecule has 1 heterocycles. The van der Waals surface area contributed by atoms with Gasteiger partial charge >= 0.3 is 6.18 Å². The van der Waals surface area contributed by atoms with Gasteiger partial charge in [0.05, 0.1) is 16.9 Å². The van der Waals surface area contributed by atoms with E-state index in [4.69, 9.17) is 0 Å². The fraction of sp³-hybridized carbons (Fsp3) is 0.312. The summed E-state index contributed by atoms with van der Waals surface area (Å²) in [7, 11) is 0. The molecule has 1 amide bonds. The molecule has 1 aliphatic rings. The number of anilines is 1. The number of alkyl halides is 3. The Hall–Kier alpha value is -2.64. The standard InChI is InChI=1S/C16H15F3N4O/c17-16(18,19)12-6-7-14(23-10-20-9-21-23)13(8-12)22-15(24)11-4-2-1-3-5-11/h1-2,6-11H,3-5H2,(H,22,24). The predicted octanol–water partition coefficient (Wildman–Crippen LogP) is 3.58. The monoisotopic (exact) mass is 336 g/mol. The van der Waals surface area contributed by atoms with Gasteiger partial charge in [0, 0.05) is 5.92 Å². The molecule has 0 aliphatic heterocycles. The van der Waals surface area contributed by atoms with Gasteiger partial charge in [-0.1, -0.05) is 12.2 Å². The summed E-state index contributed by atoms with van der Waals surface area (Å²) < 4.78 is 40.2. The third-order valence-corrected chi connectivity index (χ3v) is 3.89. The summed E-state index contributed by atoms with van der Waals surface area (Å²) in [6.45, 7) is 0. The fourth-order valence-electron chi connectivity index (χ4n) is 2.61. The van der Waals surface area contributed by atoms with Crippen molar-refractivity contribution < 1.29 is 18.0 Å². The van der Waals surface area contributed by atoms with E-state index >= 15 is 0 Å². The van der Waals surface area contributed by atoms with Crippen LogP contribution >= 0.6 is 0 Å². The molecular formula is C16H15F3N4O. The molecule has 0 bridgehead atoms. The molecule has 0 saturated heterocycles. The highest BCUT2D eigenvalue weighted by molar-refractivity contribution is 5.94. The molecule has 24 heavy (non-hydrogen) atoms. The molecule has 0 fully saturated rings. The number of rotatable bonds is 3. The number of halogens is 3. The maximum Gasteiger partial charge on any atom is 0.416 e. The quantitative estimate of drug-likeness (QED) is 0.872. The van der Waals surface area contributed by atoms with Gasteiger partial charge in [-0.25, -0.2) is 9.67 Å². The van der Waals surface area contributed by atoms with Crippen molar-refractivity contribution >= 4 is 11.6 Å². The number of hydrogen-bond acceptors (Lipinski definition) is 3. The highest BCUT2D eigenvalue weighted by atomic mass is 19.4. The van der Waals surface area contributed by atoms with E-state index < -0.39 is 11.7 Å². The number of nitrogens with zero attached hydrogens (tertiary/aromatic N) is 3. The summed E-state index contributed by atoms with van der Waals surface area (Å²) in [4.78, 5) is 16.2. The van der Waals surface area contributed by atoms with Crippen LogP contribution in [0.15, 0.2) is 43.0 Å². The van der Waals surface area contributed by atoms with Crippen molar-refractivity contribution in [2.75, 3.05) is 5.32 Å². The summed E-state index contributed by atoms with van der Waals surface area (Å²) in [5.74, 6) is -0.534. The number of allylic oxidation sites excluding steroid dienone is 2. The van der Waals surface area contributed by atoms with E-state index in [2.05, 4.69) is 15.4 Å². The highest BCUT2D eigenvalue weighted by Gasteiger charge is 2.31. The lowest BCUT2D eigenvalue weighted by Gasteiger charge is -2.19. The smallest absolute Gasteiger partial charge is 0.324 e. The zero-order valence-electron chi connectivity index (χ0n) is 12.6. The van der Waals surface area contributed by atoms with Crippen molar-refractivity contribution in [3.8, 4) is 5.69 Å². The normalized spacial score (nSPS) is 17.7. The Morgan fingerprint density at radius 1 is 1.29 bits per heavy atom. The summed E-state index contributed by atoms with van der Waals surface area (Å²) in [6.07, 6.45) is 4.11. The van der Waals surface area contributed by atoms with Crippen LogP contribution in [0.25, 0.3) is 5.69 Å². The van der Waals surface area contributed by atoms with Crippen LogP contribution in [-0.4, -0.2) is 20.7 Å². The number of hydrogen-bond donors (Lipinski definition) is 1. The van der Waals surface area contributed by atoms with Crippen molar-refractivity contribution in [2.45, 2.75) is 25.4 Å². The minimum atomic E-state index is -4.49. The van der Waals surface area contributed by atoms with Crippen LogP contribution in [0.5, 0.6) is 0 Å². The van der Waals surface area contributed by atoms with Gasteiger partial charge in [0.1, 0.15) is 12.7 Å². The first-order valence-electron chi connectivity index (χ1n) is 7.47. The maximum absolute atomic E-state index is 13.0. The van der Waals surface area contributed by atoms with Crippen LogP contribution in [0, 0.1) is 5.92 Å². The largest absolute Gasteiger partial charge is 0.416 e. The highest BCUT2D eigenvalue weighted by Crippen LogP contribution is 2.33. The second-order valence-electron chi connectivity index (χ2n) is 5.54. The maximum atomic E-state index is 13.0. The molecule has 3 rings (SSSR count). The molecule has 2 aromatic rings. The zero-order chi connectivity index (χ0) is 17.2. The molecular weight excluding hydrogens is 321 g/mol. The van der Waals surface area contributed by atoms with E-state index in [0.29, 0.717) is 18.5 Å². The Labute approximate surface area is 136 Å². The summed E-state index contributed by atoms with van der Waals surface area (Å²) >= 11 is 0. The first-order valence-corrected chi connectivity index (χ1v) is 7.47. The molecule has 1 unspecified atom stereocenters. The van der Waals surface area contributed by atoms with Crippen molar-refractivity contribution in [1.29, 1.82) is 0 Å². The third-order valence-electron chi connectivity index (χ3n) is 3.89. The number of benzene rings is 1. The number of carbonyl (C=O) groups is 1. The van der Waals surface area contributed by atoms with Crippen LogP contribution in [0.1, 0.15) is 24.8 Å². The Morgan fingerprint density at radius 3 is 2.75 bits per heavy atom. The molecule has 1 aliphatic carbocycles. The molecule has 1 N–H and O–H groups in total. The molecule has 1 aromatic carbocycles. The lowest BCUT2D eigenvalue weighted by molar-refractivity contribution is -0.137. The number of nitrogens with one attached hydrogen (secondary N) is 1. The van der Waals surface area contributed by atoms with Crippen molar-refractivity contribution in [2.24, 2.45) is 5.92 Å². The first-order chi connectivity index (χ1) is 11.4. The topological polar surface area (TPSA) is 59.8 Å². The molecule has 0 saturated carbocycles. The average Bonchev–Trinajstić information content (AvgIpc) is 3.09. The van der Waals surface area contributed by atoms with Gasteiger partial charge in [0.2, 0.25) is 5.91 Å². The van der Waals surface area contributed by atoms with E-state index in [1.807, 2.05) is 12.2 Å². The van der Waals surface area contributed by atoms with E-state index in [-0.39, 0.29) is 17.5 Å². The molecule has 1 atom stereocenters. The van der Waals surface area contributed by atoms with Crippen LogP contribution in [0.3, 0.4) is 0 Å². The van der Waals surface area contributed by atoms with Crippen molar-refractivity contribution in [3.63, 3.8) is 0 Å².